The van der Waals surface area contributed by atoms with Gasteiger partial charge in [-0.1, -0.05) is 11.6 Å². The Morgan fingerprint density at radius 1 is 1.41 bits per heavy atom. The molecule has 1 aromatic carbocycles. The third-order valence-corrected chi connectivity index (χ3v) is 2.75. The van der Waals surface area contributed by atoms with Gasteiger partial charge in [0.15, 0.2) is 0 Å². The van der Waals surface area contributed by atoms with E-state index in [0.717, 1.165) is 0 Å². The van der Waals surface area contributed by atoms with Crippen LogP contribution in [-0.4, -0.2) is 0 Å². The zero-order valence-electron chi connectivity index (χ0n) is 8.99. The second-order valence-corrected chi connectivity index (χ2v) is 4.11. The molecule has 1 atom stereocenters. The third-order valence-electron chi connectivity index (χ3n) is 2.52. The number of rotatable bonds is 4. The van der Waals surface area contributed by atoms with Crippen LogP contribution in [0.5, 0.6) is 0 Å². The SMILES string of the molecule is NNC(Cc1cc(Cl)ccc1F)c1ccco1. The summed E-state index contributed by atoms with van der Waals surface area (Å²) in [6, 6.07) is 7.70. The molecule has 0 amide bonds. The van der Waals surface area contributed by atoms with Gasteiger partial charge in [-0.3, -0.25) is 5.84 Å². The first-order valence-corrected chi connectivity index (χ1v) is 5.52. The van der Waals surface area contributed by atoms with Crippen LogP contribution in [0.1, 0.15) is 17.4 Å². The van der Waals surface area contributed by atoms with Crippen LogP contribution in [0.3, 0.4) is 0 Å². The number of benzene rings is 1. The maximum absolute atomic E-state index is 13.6. The lowest BCUT2D eigenvalue weighted by molar-refractivity contribution is 0.412. The highest BCUT2D eigenvalue weighted by Crippen LogP contribution is 2.22. The Labute approximate surface area is 103 Å². The maximum atomic E-state index is 13.6. The van der Waals surface area contributed by atoms with Crippen molar-refractivity contribution >= 4 is 11.6 Å². The molecule has 0 bridgehead atoms. The van der Waals surface area contributed by atoms with Gasteiger partial charge >= 0.3 is 0 Å². The third kappa shape index (κ3) is 2.85. The monoisotopic (exact) mass is 254 g/mol. The lowest BCUT2D eigenvalue weighted by Crippen LogP contribution is -2.29. The summed E-state index contributed by atoms with van der Waals surface area (Å²) in [7, 11) is 0. The number of halogens is 2. The standard InChI is InChI=1S/C12H12ClFN2O/c13-9-3-4-10(14)8(6-9)7-11(16-15)12-2-1-5-17-12/h1-6,11,16H,7,15H2. The van der Waals surface area contributed by atoms with E-state index >= 15 is 0 Å². The number of furan rings is 1. The van der Waals surface area contributed by atoms with E-state index in [1.807, 2.05) is 0 Å². The molecule has 0 saturated carbocycles. The van der Waals surface area contributed by atoms with Crippen molar-refractivity contribution in [2.24, 2.45) is 5.84 Å². The molecule has 0 saturated heterocycles. The van der Waals surface area contributed by atoms with Crippen molar-refractivity contribution in [3.05, 3.63) is 58.8 Å². The first-order chi connectivity index (χ1) is 8.20. The van der Waals surface area contributed by atoms with Crippen molar-refractivity contribution in [1.82, 2.24) is 5.43 Å². The van der Waals surface area contributed by atoms with Gasteiger partial charge in [0.25, 0.3) is 0 Å². The normalized spacial score (nSPS) is 12.6. The van der Waals surface area contributed by atoms with Crippen LogP contribution in [0.25, 0.3) is 0 Å². The number of hydrazine groups is 1. The zero-order valence-corrected chi connectivity index (χ0v) is 9.75. The number of nitrogens with one attached hydrogen (secondary N) is 1. The van der Waals surface area contributed by atoms with Crippen molar-refractivity contribution in [2.75, 3.05) is 0 Å². The molecule has 0 radical (unpaired) electrons. The van der Waals surface area contributed by atoms with E-state index < -0.39 is 0 Å². The summed E-state index contributed by atoms with van der Waals surface area (Å²) in [6.45, 7) is 0. The lowest BCUT2D eigenvalue weighted by atomic mass is 10.0. The van der Waals surface area contributed by atoms with Gasteiger partial charge < -0.3 is 4.42 Å². The highest BCUT2D eigenvalue weighted by atomic mass is 35.5. The first-order valence-electron chi connectivity index (χ1n) is 5.14. The molecule has 3 nitrogen and oxygen atoms in total. The molecular formula is C12H12ClFN2O. The van der Waals surface area contributed by atoms with Crippen LogP contribution in [-0.2, 0) is 6.42 Å². The van der Waals surface area contributed by atoms with Gasteiger partial charge in [0.1, 0.15) is 11.6 Å². The summed E-state index contributed by atoms with van der Waals surface area (Å²) in [5, 5.41) is 0.497. The van der Waals surface area contributed by atoms with Gasteiger partial charge in [0.05, 0.1) is 12.3 Å². The number of hydrogen-bond acceptors (Lipinski definition) is 3. The van der Waals surface area contributed by atoms with Crippen LogP contribution in [0.15, 0.2) is 41.0 Å². The minimum Gasteiger partial charge on any atom is -0.468 e. The summed E-state index contributed by atoms with van der Waals surface area (Å²) in [6.07, 6.45) is 1.92. The molecule has 0 spiro atoms. The fourth-order valence-corrected chi connectivity index (χ4v) is 1.85. The molecule has 5 heteroatoms. The smallest absolute Gasteiger partial charge is 0.126 e. The fourth-order valence-electron chi connectivity index (χ4n) is 1.65. The van der Waals surface area contributed by atoms with Gasteiger partial charge in [0, 0.05) is 5.02 Å². The van der Waals surface area contributed by atoms with Crippen LogP contribution in [0.4, 0.5) is 4.39 Å². The van der Waals surface area contributed by atoms with E-state index in [1.54, 1.807) is 24.5 Å². The number of nitrogens with two attached hydrogens (primary N) is 1. The highest BCUT2D eigenvalue weighted by molar-refractivity contribution is 6.30. The summed E-state index contributed by atoms with van der Waals surface area (Å²) in [4.78, 5) is 0. The Morgan fingerprint density at radius 3 is 2.88 bits per heavy atom. The van der Waals surface area contributed by atoms with Gasteiger partial charge in [-0.05, 0) is 42.3 Å². The van der Waals surface area contributed by atoms with Crippen LogP contribution < -0.4 is 11.3 Å². The van der Waals surface area contributed by atoms with Gasteiger partial charge in [-0.15, -0.1) is 0 Å². The molecule has 90 valence electrons. The molecular weight excluding hydrogens is 243 g/mol. The molecule has 1 unspecified atom stereocenters. The van der Waals surface area contributed by atoms with Crippen molar-refractivity contribution in [2.45, 2.75) is 12.5 Å². The summed E-state index contributed by atoms with van der Waals surface area (Å²) in [5.41, 5.74) is 3.09. The maximum Gasteiger partial charge on any atom is 0.126 e. The summed E-state index contributed by atoms with van der Waals surface area (Å²) < 4.78 is 18.8. The molecule has 17 heavy (non-hydrogen) atoms. The predicted octanol–water partition coefficient (Wildman–Crippen LogP) is 2.82. The summed E-state index contributed by atoms with van der Waals surface area (Å²) in [5.74, 6) is 5.79. The minimum atomic E-state index is -0.304. The zero-order chi connectivity index (χ0) is 12.3. The topological polar surface area (TPSA) is 51.2 Å². The predicted molar refractivity (Wildman–Crippen MR) is 63.9 cm³/mol. The van der Waals surface area contributed by atoms with Crippen molar-refractivity contribution < 1.29 is 8.81 Å². The van der Waals surface area contributed by atoms with Crippen molar-refractivity contribution in [1.29, 1.82) is 0 Å². The molecule has 1 aromatic heterocycles. The first kappa shape index (κ1) is 12.1. The largest absolute Gasteiger partial charge is 0.468 e. The molecule has 0 aliphatic heterocycles. The Kier molecular flexibility index (Phi) is 3.78. The Hall–Kier alpha value is -1.36. The highest BCUT2D eigenvalue weighted by Gasteiger charge is 2.15. The average molecular weight is 255 g/mol. The molecule has 3 N–H and O–H groups in total. The van der Waals surface area contributed by atoms with Crippen LogP contribution in [0, 0.1) is 5.82 Å². The minimum absolute atomic E-state index is 0.280. The van der Waals surface area contributed by atoms with E-state index in [2.05, 4.69) is 5.43 Å². The second kappa shape index (κ2) is 5.31. The number of hydrogen-bond donors (Lipinski definition) is 2. The Balaban J connectivity index is 2.21. The summed E-state index contributed by atoms with van der Waals surface area (Å²) >= 11 is 5.83. The van der Waals surface area contributed by atoms with Crippen molar-refractivity contribution in [3.8, 4) is 0 Å². The lowest BCUT2D eigenvalue weighted by Gasteiger charge is -2.14. The second-order valence-electron chi connectivity index (χ2n) is 3.67. The van der Waals surface area contributed by atoms with Gasteiger partial charge in [0.2, 0.25) is 0 Å². The van der Waals surface area contributed by atoms with Crippen LogP contribution >= 0.6 is 11.6 Å². The van der Waals surface area contributed by atoms with E-state index in [0.29, 0.717) is 22.8 Å². The molecule has 2 rings (SSSR count). The van der Waals surface area contributed by atoms with E-state index in [4.69, 9.17) is 21.9 Å². The quantitative estimate of drug-likeness (QED) is 0.652. The van der Waals surface area contributed by atoms with Crippen molar-refractivity contribution in [3.63, 3.8) is 0 Å². The molecule has 0 aliphatic carbocycles. The molecule has 0 aliphatic rings. The van der Waals surface area contributed by atoms with Gasteiger partial charge in [-0.25, -0.2) is 9.82 Å². The molecule has 0 fully saturated rings. The fraction of sp³-hybridized carbons (Fsp3) is 0.167. The Morgan fingerprint density at radius 2 is 2.24 bits per heavy atom. The van der Waals surface area contributed by atoms with Crippen LogP contribution in [0.2, 0.25) is 5.02 Å². The van der Waals surface area contributed by atoms with E-state index in [1.165, 1.54) is 12.1 Å². The average Bonchev–Trinajstić information content (AvgIpc) is 2.84. The van der Waals surface area contributed by atoms with E-state index in [-0.39, 0.29) is 11.9 Å². The van der Waals surface area contributed by atoms with Gasteiger partial charge in [-0.2, -0.15) is 0 Å². The Bertz CT molecular complexity index is 487. The van der Waals surface area contributed by atoms with E-state index in [9.17, 15) is 4.39 Å². The molecule has 1 heterocycles. The molecule has 2 aromatic rings.